The summed E-state index contributed by atoms with van der Waals surface area (Å²) in [6, 6.07) is 14.5. The standard InChI is InChI=1S/C16H10BrFOS/c17-12-6-5-10(13(18)9-12)7-14(19)16-8-11-3-1-2-4-15(11)20-16/h1-6,8-9H,7H2. The van der Waals surface area contributed by atoms with Gasteiger partial charge in [0.05, 0.1) is 4.88 Å². The van der Waals surface area contributed by atoms with E-state index < -0.39 is 0 Å². The molecule has 1 nitrogen and oxygen atoms in total. The van der Waals surface area contributed by atoms with E-state index in [4.69, 9.17) is 0 Å². The summed E-state index contributed by atoms with van der Waals surface area (Å²) in [5, 5.41) is 1.05. The van der Waals surface area contributed by atoms with E-state index in [1.165, 1.54) is 17.4 Å². The SMILES string of the molecule is O=C(Cc1ccc(Br)cc1F)c1cc2ccccc2s1. The van der Waals surface area contributed by atoms with Gasteiger partial charge >= 0.3 is 0 Å². The van der Waals surface area contributed by atoms with Crippen molar-refractivity contribution < 1.29 is 9.18 Å². The monoisotopic (exact) mass is 348 g/mol. The minimum absolute atomic E-state index is 0.0487. The van der Waals surface area contributed by atoms with Crippen LogP contribution in [-0.2, 0) is 6.42 Å². The number of carbonyl (C=O) groups excluding carboxylic acids is 1. The van der Waals surface area contributed by atoms with E-state index in [9.17, 15) is 9.18 Å². The van der Waals surface area contributed by atoms with E-state index in [2.05, 4.69) is 15.9 Å². The Bertz CT molecular complexity index is 761. The second-order valence-corrected chi connectivity index (χ2v) is 6.48. The minimum atomic E-state index is -0.353. The van der Waals surface area contributed by atoms with Crippen molar-refractivity contribution in [3.8, 4) is 0 Å². The average Bonchev–Trinajstić information content (AvgIpc) is 2.86. The maximum Gasteiger partial charge on any atom is 0.177 e. The van der Waals surface area contributed by atoms with Crippen molar-refractivity contribution in [2.24, 2.45) is 0 Å². The Morgan fingerprint density at radius 3 is 2.70 bits per heavy atom. The first-order valence-electron chi connectivity index (χ1n) is 6.09. The Morgan fingerprint density at radius 2 is 1.95 bits per heavy atom. The Morgan fingerprint density at radius 1 is 1.15 bits per heavy atom. The molecule has 0 saturated heterocycles. The summed E-state index contributed by atoms with van der Waals surface area (Å²) in [7, 11) is 0. The molecule has 0 unspecified atom stereocenters. The molecular formula is C16H10BrFOS. The van der Waals surface area contributed by atoms with Crippen molar-refractivity contribution >= 4 is 43.1 Å². The summed E-state index contributed by atoms with van der Waals surface area (Å²) in [5.74, 6) is -0.402. The molecule has 0 radical (unpaired) electrons. The third kappa shape index (κ3) is 2.67. The molecule has 4 heteroatoms. The molecule has 100 valence electrons. The molecule has 0 fully saturated rings. The van der Waals surface area contributed by atoms with Crippen LogP contribution in [0.3, 0.4) is 0 Å². The quantitative estimate of drug-likeness (QED) is 0.592. The number of Topliss-reactive ketones (excluding diaryl/α,β-unsaturated/α-hetero) is 1. The largest absolute Gasteiger partial charge is 0.293 e. The summed E-state index contributed by atoms with van der Waals surface area (Å²) < 4.78 is 15.5. The number of benzene rings is 2. The van der Waals surface area contributed by atoms with Gasteiger partial charge in [-0.05, 0) is 35.2 Å². The molecule has 0 atom stereocenters. The maximum absolute atomic E-state index is 13.8. The highest BCUT2D eigenvalue weighted by atomic mass is 79.9. The number of hydrogen-bond donors (Lipinski definition) is 0. The van der Waals surface area contributed by atoms with Crippen molar-refractivity contribution in [3.05, 3.63) is 69.3 Å². The van der Waals surface area contributed by atoms with Gasteiger partial charge in [-0.15, -0.1) is 11.3 Å². The number of halogens is 2. The highest BCUT2D eigenvalue weighted by Gasteiger charge is 2.13. The zero-order valence-electron chi connectivity index (χ0n) is 10.4. The molecule has 1 aromatic heterocycles. The minimum Gasteiger partial charge on any atom is -0.293 e. The van der Waals surface area contributed by atoms with Crippen LogP contribution in [0, 0.1) is 5.82 Å². The summed E-state index contributed by atoms with van der Waals surface area (Å²) in [5.41, 5.74) is 0.427. The first-order chi connectivity index (χ1) is 9.63. The molecule has 1 heterocycles. The maximum atomic E-state index is 13.8. The molecule has 0 amide bonds. The van der Waals surface area contributed by atoms with Crippen molar-refractivity contribution in [2.45, 2.75) is 6.42 Å². The van der Waals surface area contributed by atoms with E-state index in [1.807, 2.05) is 30.3 Å². The molecule has 0 N–H and O–H groups in total. The van der Waals surface area contributed by atoms with Crippen molar-refractivity contribution in [1.82, 2.24) is 0 Å². The Balaban J connectivity index is 1.89. The lowest BCUT2D eigenvalue weighted by Crippen LogP contribution is -2.03. The Kier molecular flexibility index (Phi) is 3.68. The summed E-state index contributed by atoms with van der Waals surface area (Å²) in [6.45, 7) is 0. The van der Waals surface area contributed by atoms with Crippen LogP contribution in [0.15, 0.2) is 53.0 Å². The summed E-state index contributed by atoms with van der Waals surface area (Å²) in [6.07, 6.45) is 0.0892. The molecule has 0 aliphatic carbocycles. The van der Waals surface area contributed by atoms with Crippen LogP contribution in [0.4, 0.5) is 4.39 Å². The van der Waals surface area contributed by atoms with Crippen molar-refractivity contribution in [1.29, 1.82) is 0 Å². The normalized spacial score (nSPS) is 10.9. The third-order valence-electron chi connectivity index (χ3n) is 3.07. The summed E-state index contributed by atoms with van der Waals surface area (Å²) in [4.78, 5) is 12.9. The molecular weight excluding hydrogens is 339 g/mol. The number of rotatable bonds is 3. The molecule has 0 spiro atoms. The molecule has 0 bridgehead atoms. The Labute approximate surface area is 128 Å². The lowest BCUT2D eigenvalue weighted by Gasteiger charge is -2.01. The van der Waals surface area contributed by atoms with Gasteiger partial charge < -0.3 is 0 Å². The fourth-order valence-electron chi connectivity index (χ4n) is 2.04. The van der Waals surface area contributed by atoms with Crippen LogP contribution in [-0.4, -0.2) is 5.78 Å². The van der Waals surface area contributed by atoms with Crippen molar-refractivity contribution in [2.75, 3.05) is 0 Å². The number of ketones is 1. The average molecular weight is 349 g/mol. The smallest absolute Gasteiger partial charge is 0.177 e. The van der Waals surface area contributed by atoms with Gasteiger partial charge in [-0.3, -0.25) is 4.79 Å². The predicted molar refractivity (Wildman–Crippen MR) is 84.0 cm³/mol. The van der Waals surface area contributed by atoms with Gasteiger partial charge in [0.2, 0.25) is 0 Å². The lowest BCUT2D eigenvalue weighted by atomic mass is 10.1. The van der Waals surface area contributed by atoms with Gasteiger partial charge in [0.15, 0.2) is 5.78 Å². The number of hydrogen-bond acceptors (Lipinski definition) is 2. The zero-order valence-corrected chi connectivity index (χ0v) is 12.8. The molecule has 0 saturated carbocycles. The van der Waals surface area contributed by atoms with E-state index in [0.29, 0.717) is 14.9 Å². The predicted octanol–water partition coefficient (Wildman–Crippen LogP) is 5.23. The van der Waals surface area contributed by atoms with Gasteiger partial charge in [-0.2, -0.15) is 0 Å². The molecule has 20 heavy (non-hydrogen) atoms. The van der Waals surface area contributed by atoms with Gasteiger partial charge in [-0.1, -0.05) is 40.2 Å². The number of fused-ring (bicyclic) bond motifs is 1. The highest BCUT2D eigenvalue weighted by molar-refractivity contribution is 9.10. The van der Waals surface area contributed by atoms with Crippen molar-refractivity contribution in [3.63, 3.8) is 0 Å². The number of thiophene rings is 1. The third-order valence-corrected chi connectivity index (χ3v) is 4.72. The van der Waals surface area contributed by atoms with E-state index >= 15 is 0 Å². The topological polar surface area (TPSA) is 17.1 Å². The van der Waals surface area contributed by atoms with Crippen LogP contribution in [0.2, 0.25) is 0 Å². The second-order valence-electron chi connectivity index (χ2n) is 4.48. The van der Waals surface area contributed by atoms with Gasteiger partial charge in [-0.25, -0.2) is 4.39 Å². The molecule has 0 aliphatic heterocycles. The fraction of sp³-hybridized carbons (Fsp3) is 0.0625. The van der Waals surface area contributed by atoms with E-state index in [1.54, 1.807) is 12.1 Å². The molecule has 0 aliphatic rings. The van der Waals surface area contributed by atoms with Crippen LogP contribution in [0.5, 0.6) is 0 Å². The lowest BCUT2D eigenvalue weighted by molar-refractivity contribution is 0.0995. The van der Waals surface area contributed by atoms with Gasteiger partial charge in [0.25, 0.3) is 0 Å². The fourth-order valence-corrected chi connectivity index (χ4v) is 3.38. The molecule has 3 aromatic rings. The van der Waals surface area contributed by atoms with E-state index in [-0.39, 0.29) is 18.0 Å². The molecule has 3 rings (SSSR count). The highest BCUT2D eigenvalue weighted by Crippen LogP contribution is 2.27. The molecule has 2 aromatic carbocycles. The van der Waals surface area contributed by atoms with Gasteiger partial charge in [0, 0.05) is 15.6 Å². The number of carbonyl (C=O) groups is 1. The first-order valence-corrected chi connectivity index (χ1v) is 7.70. The second kappa shape index (κ2) is 5.46. The summed E-state index contributed by atoms with van der Waals surface area (Å²) >= 11 is 4.66. The zero-order chi connectivity index (χ0) is 14.1. The van der Waals surface area contributed by atoms with Gasteiger partial charge in [0.1, 0.15) is 5.82 Å². The van der Waals surface area contributed by atoms with E-state index in [0.717, 1.165) is 10.1 Å². The first kappa shape index (κ1) is 13.5. The van der Waals surface area contributed by atoms with Crippen LogP contribution >= 0.6 is 27.3 Å². The van der Waals surface area contributed by atoms with Crippen LogP contribution in [0.1, 0.15) is 15.2 Å². The van der Waals surface area contributed by atoms with Crippen LogP contribution < -0.4 is 0 Å². The van der Waals surface area contributed by atoms with Crippen LogP contribution in [0.25, 0.3) is 10.1 Å². The Hall–Kier alpha value is -1.52.